The van der Waals surface area contributed by atoms with Gasteiger partial charge in [-0.05, 0) is 36.1 Å². The summed E-state index contributed by atoms with van der Waals surface area (Å²) in [5, 5.41) is 18.1. The number of amides is 2. The molecule has 0 saturated heterocycles. The Balaban J connectivity index is 1.34. The van der Waals surface area contributed by atoms with Crippen molar-refractivity contribution in [3.05, 3.63) is 72.1 Å². The van der Waals surface area contributed by atoms with Crippen LogP contribution in [0.5, 0.6) is 0 Å². The molecule has 1 aliphatic rings. The van der Waals surface area contributed by atoms with Gasteiger partial charge in [0.2, 0.25) is 5.91 Å². The van der Waals surface area contributed by atoms with Crippen molar-refractivity contribution in [2.45, 2.75) is 31.8 Å². The number of fused-ring (bicyclic) bond motifs is 3. The van der Waals surface area contributed by atoms with Crippen molar-refractivity contribution < 1.29 is 24.2 Å². The molecule has 0 radical (unpaired) electrons. The number of carbonyl (C=O) groups excluding carboxylic acids is 2. The van der Waals surface area contributed by atoms with Crippen LogP contribution in [0.25, 0.3) is 11.1 Å². The van der Waals surface area contributed by atoms with Gasteiger partial charge in [0.25, 0.3) is 0 Å². The molecule has 33 heavy (non-hydrogen) atoms. The first kappa shape index (κ1) is 22.1. The Bertz CT molecular complexity index is 1170. The van der Waals surface area contributed by atoms with E-state index < -0.39 is 23.5 Å². The van der Waals surface area contributed by atoms with Crippen LogP contribution in [0.2, 0.25) is 0 Å². The van der Waals surface area contributed by atoms with Crippen molar-refractivity contribution in [1.82, 2.24) is 15.1 Å². The van der Waals surface area contributed by atoms with Crippen LogP contribution >= 0.6 is 0 Å². The van der Waals surface area contributed by atoms with Crippen molar-refractivity contribution in [1.29, 1.82) is 0 Å². The summed E-state index contributed by atoms with van der Waals surface area (Å²) < 4.78 is 6.79. The Hall–Kier alpha value is -4.14. The second kappa shape index (κ2) is 8.78. The van der Waals surface area contributed by atoms with Gasteiger partial charge in [0, 0.05) is 12.1 Å². The molecule has 0 fully saturated rings. The molecular weight excluding hydrogens is 424 g/mol. The molecule has 0 bridgehead atoms. The van der Waals surface area contributed by atoms with Gasteiger partial charge in [0.1, 0.15) is 18.7 Å². The first-order valence-corrected chi connectivity index (χ1v) is 10.4. The monoisotopic (exact) mass is 448 g/mol. The second-order valence-electron chi connectivity index (χ2n) is 8.36. The van der Waals surface area contributed by atoms with Crippen LogP contribution in [0.15, 0.2) is 60.9 Å². The molecule has 1 aliphatic carbocycles. The fourth-order valence-corrected chi connectivity index (χ4v) is 3.86. The largest absolute Gasteiger partial charge is 0.480 e. The highest BCUT2D eigenvalue weighted by Gasteiger charge is 2.30. The van der Waals surface area contributed by atoms with E-state index in [0.29, 0.717) is 5.69 Å². The molecule has 0 spiro atoms. The Labute approximate surface area is 190 Å². The minimum Gasteiger partial charge on any atom is -0.480 e. The zero-order valence-electron chi connectivity index (χ0n) is 18.2. The molecule has 0 aliphatic heterocycles. The Morgan fingerprint density at radius 1 is 1.06 bits per heavy atom. The summed E-state index contributed by atoms with van der Waals surface area (Å²) in [5.41, 5.74) is 3.49. The van der Waals surface area contributed by atoms with E-state index >= 15 is 0 Å². The number of carboxylic acid groups (broad SMARTS) is 1. The Kier molecular flexibility index (Phi) is 5.87. The minimum absolute atomic E-state index is 0.0489. The average molecular weight is 448 g/mol. The molecule has 0 unspecified atom stereocenters. The van der Waals surface area contributed by atoms with Crippen LogP contribution in [-0.2, 0) is 20.9 Å². The lowest BCUT2D eigenvalue weighted by Crippen LogP contribution is -2.50. The number of ether oxygens (including phenoxy) is 1. The molecule has 2 amide bonds. The van der Waals surface area contributed by atoms with E-state index in [1.54, 1.807) is 0 Å². The van der Waals surface area contributed by atoms with Crippen molar-refractivity contribution in [3.63, 3.8) is 0 Å². The van der Waals surface area contributed by atoms with Crippen LogP contribution in [0.1, 0.15) is 30.9 Å². The maximum absolute atomic E-state index is 12.4. The van der Waals surface area contributed by atoms with Gasteiger partial charge in [-0.3, -0.25) is 14.8 Å². The van der Waals surface area contributed by atoms with E-state index in [4.69, 9.17) is 9.84 Å². The van der Waals surface area contributed by atoms with Gasteiger partial charge < -0.3 is 15.2 Å². The molecule has 1 aromatic heterocycles. The predicted molar refractivity (Wildman–Crippen MR) is 121 cm³/mol. The average Bonchev–Trinajstić information content (AvgIpc) is 3.33. The predicted octanol–water partition coefficient (Wildman–Crippen LogP) is 3.22. The fraction of sp³-hybridized carbons (Fsp3) is 0.250. The zero-order chi connectivity index (χ0) is 23.6. The van der Waals surface area contributed by atoms with Crippen molar-refractivity contribution in [3.8, 4) is 11.1 Å². The summed E-state index contributed by atoms with van der Waals surface area (Å²) >= 11 is 0. The molecule has 9 heteroatoms. The molecule has 2 aromatic carbocycles. The Morgan fingerprint density at radius 3 is 2.27 bits per heavy atom. The normalized spacial score (nSPS) is 12.5. The first-order valence-electron chi connectivity index (χ1n) is 10.4. The number of nitrogens with zero attached hydrogens (tertiary/aromatic N) is 2. The highest BCUT2D eigenvalue weighted by atomic mass is 16.5. The van der Waals surface area contributed by atoms with Crippen LogP contribution in [-0.4, -0.2) is 45.0 Å². The minimum atomic E-state index is -1.40. The number of hydrogen-bond donors (Lipinski definition) is 3. The van der Waals surface area contributed by atoms with Crippen LogP contribution in [0.4, 0.5) is 10.5 Å². The van der Waals surface area contributed by atoms with E-state index in [1.165, 1.54) is 30.9 Å². The molecule has 170 valence electrons. The topological polar surface area (TPSA) is 123 Å². The number of carbonyl (C=O) groups is 3. The van der Waals surface area contributed by atoms with Crippen LogP contribution in [0.3, 0.4) is 0 Å². The number of nitrogens with one attached hydrogen (secondary N) is 2. The van der Waals surface area contributed by atoms with Gasteiger partial charge in [0.15, 0.2) is 0 Å². The van der Waals surface area contributed by atoms with Gasteiger partial charge in [-0.2, -0.15) is 5.10 Å². The van der Waals surface area contributed by atoms with Crippen LogP contribution in [0, 0.1) is 0 Å². The number of rotatable bonds is 7. The maximum Gasteiger partial charge on any atom is 0.411 e. The van der Waals surface area contributed by atoms with Gasteiger partial charge in [-0.1, -0.05) is 48.5 Å². The zero-order valence-corrected chi connectivity index (χ0v) is 18.2. The third-order valence-electron chi connectivity index (χ3n) is 5.52. The van der Waals surface area contributed by atoms with Gasteiger partial charge in [0.05, 0.1) is 11.9 Å². The lowest BCUT2D eigenvalue weighted by molar-refractivity contribution is -0.146. The third kappa shape index (κ3) is 4.72. The smallest absolute Gasteiger partial charge is 0.411 e. The molecule has 1 heterocycles. The molecule has 3 N–H and O–H groups in total. The number of benzene rings is 2. The molecule has 4 rings (SSSR count). The second-order valence-corrected chi connectivity index (χ2v) is 8.36. The molecule has 0 atom stereocenters. The van der Waals surface area contributed by atoms with Crippen molar-refractivity contribution in [2.24, 2.45) is 0 Å². The summed E-state index contributed by atoms with van der Waals surface area (Å²) in [5.74, 6) is -1.71. The van der Waals surface area contributed by atoms with Crippen molar-refractivity contribution >= 4 is 23.7 Å². The van der Waals surface area contributed by atoms with E-state index in [1.807, 2.05) is 36.4 Å². The van der Waals surface area contributed by atoms with Gasteiger partial charge in [-0.15, -0.1) is 0 Å². The van der Waals surface area contributed by atoms with Crippen LogP contribution < -0.4 is 10.6 Å². The number of aromatic nitrogens is 2. The number of hydrogen-bond acceptors (Lipinski definition) is 5. The third-order valence-corrected chi connectivity index (χ3v) is 5.52. The van der Waals surface area contributed by atoms with E-state index in [0.717, 1.165) is 22.3 Å². The van der Waals surface area contributed by atoms with E-state index in [-0.39, 0.29) is 19.1 Å². The van der Waals surface area contributed by atoms with E-state index in [9.17, 15) is 14.4 Å². The maximum atomic E-state index is 12.4. The first-order chi connectivity index (χ1) is 15.7. The number of aliphatic carboxylic acids is 1. The highest BCUT2D eigenvalue weighted by molar-refractivity contribution is 5.87. The fourth-order valence-electron chi connectivity index (χ4n) is 3.86. The van der Waals surface area contributed by atoms with E-state index in [2.05, 4.69) is 27.9 Å². The summed E-state index contributed by atoms with van der Waals surface area (Å²) in [6, 6.07) is 16.1. The summed E-state index contributed by atoms with van der Waals surface area (Å²) in [6.07, 6.45) is 2.22. The standard InChI is InChI=1S/C24H24N4O5/c1-24(2,22(30)31)27-21(29)13-28-12-15(11-25-28)26-23(32)33-14-20-18-9-5-3-7-16(18)17-8-4-6-10-19(17)20/h3-12,20H,13-14H2,1-2H3,(H,26,32)(H,27,29)(H,30,31). The molecule has 3 aromatic rings. The molecule has 9 nitrogen and oxygen atoms in total. The summed E-state index contributed by atoms with van der Waals surface area (Å²) in [6.45, 7) is 2.77. The molecule has 0 saturated carbocycles. The lowest BCUT2D eigenvalue weighted by Gasteiger charge is -2.20. The number of anilines is 1. The quantitative estimate of drug-likeness (QED) is 0.510. The van der Waals surface area contributed by atoms with Gasteiger partial charge in [-0.25, -0.2) is 9.59 Å². The summed E-state index contributed by atoms with van der Waals surface area (Å²) in [4.78, 5) is 35.6. The van der Waals surface area contributed by atoms with Gasteiger partial charge >= 0.3 is 12.1 Å². The summed E-state index contributed by atoms with van der Waals surface area (Å²) in [7, 11) is 0. The highest BCUT2D eigenvalue weighted by Crippen LogP contribution is 2.44. The number of carboxylic acids is 1. The lowest BCUT2D eigenvalue weighted by atomic mass is 9.98. The SMILES string of the molecule is CC(C)(NC(=O)Cn1cc(NC(=O)OCC2c3ccccc3-c3ccccc32)cn1)C(=O)O. The van der Waals surface area contributed by atoms with Crippen molar-refractivity contribution in [2.75, 3.05) is 11.9 Å². The molecular formula is C24H24N4O5. The Morgan fingerprint density at radius 2 is 1.67 bits per heavy atom.